The second-order valence-corrected chi connectivity index (χ2v) is 12.4. The molecule has 0 aliphatic heterocycles. The van der Waals surface area contributed by atoms with E-state index in [1.165, 1.54) is 80.3 Å². The predicted molar refractivity (Wildman–Crippen MR) is 131 cm³/mol. The van der Waals surface area contributed by atoms with Crippen molar-refractivity contribution in [2.45, 2.75) is 122 Å². The molecule has 0 aromatic heterocycles. The Balaban J connectivity index is 4.12. The maximum absolute atomic E-state index is 6.23. The van der Waals surface area contributed by atoms with Gasteiger partial charge in [-0.3, -0.25) is 0 Å². The van der Waals surface area contributed by atoms with Gasteiger partial charge >= 0.3 is 203 Å². The molecule has 0 unspecified atom stereocenters. The first kappa shape index (κ1) is 30.7. The van der Waals surface area contributed by atoms with Crippen molar-refractivity contribution < 1.29 is 14.2 Å². The minimum atomic E-state index is -0.513. The molecule has 0 amide bonds. The molecule has 4 heteroatoms. The summed E-state index contributed by atoms with van der Waals surface area (Å²) in [5.41, 5.74) is 0. The molecule has 179 valence electrons. The van der Waals surface area contributed by atoms with Crippen LogP contribution in [0, 0.1) is 17.8 Å². The van der Waals surface area contributed by atoms with Crippen molar-refractivity contribution in [1.29, 1.82) is 0 Å². The zero-order valence-corrected chi connectivity index (χ0v) is 24.1. The average molecular weight is 532 g/mol. The molecule has 0 saturated carbocycles. The quantitative estimate of drug-likeness (QED) is 0.0821. The van der Waals surface area contributed by atoms with E-state index in [1.807, 2.05) is 0 Å². The Kier molecular flexibility index (Phi) is 20.8. The van der Waals surface area contributed by atoms with Gasteiger partial charge in [-0.05, 0) is 0 Å². The summed E-state index contributed by atoms with van der Waals surface area (Å²) < 4.78 is 18.0. The van der Waals surface area contributed by atoms with Crippen LogP contribution >= 0.6 is 0 Å². The fourth-order valence-electron chi connectivity index (χ4n) is 3.40. The van der Waals surface area contributed by atoms with Crippen molar-refractivity contribution in [1.82, 2.24) is 0 Å². The maximum atomic E-state index is 6.23. The fourth-order valence-corrected chi connectivity index (χ4v) is 4.28. The van der Waals surface area contributed by atoms with Crippen LogP contribution in [0.25, 0.3) is 0 Å². The molecular weight excluding hydrogens is 479 g/mol. The summed E-state index contributed by atoms with van der Waals surface area (Å²) in [5, 5.41) is 0. The van der Waals surface area contributed by atoms with Gasteiger partial charge in [0.2, 0.25) is 0 Å². The molecule has 30 heavy (non-hydrogen) atoms. The molecule has 0 rings (SSSR count). The van der Waals surface area contributed by atoms with Gasteiger partial charge in [0.15, 0.2) is 0 Å². The average Bonchev–Trinajstić information content (AvgIpc) is 2.66. The summed E-state index contributed by atoms with van der Waals surface area (Å²) >= 11 is 1.28. The van der Waals surface area contributed by atoms with Crippen molar-refractivity contribution in [3.63, 3.8) is 0 Å². The van der Waals surface area contributed by atoms with Crippen LogP contribution in [0.15, 0.2) is 0 Å². The van der Waals surface area contributed by atoms with Crippen LogP contribution in [0.4, 0.5) is 0 Å². The van der Waals surface area contributed by atoms with Gasteiger partial charge in [-0.25, -0.2) is 0 Å². The van der Waals surface area contributed by atoms with Crippen LogP contribution in [-0.2, 0) is 14.2 Å². The first-order valence-corrected chi connectivity index (χ1v) is 14.3. The molecular formula is C26H53O3Sn. The van der Waals surface area contributed by atoms with E-state index in [-0.39, 0.29) is 0 Å². The van der Waals surface area contributed by atoms with Gasteiger partial charge in [-0.2, -0.15) is 0 Å². The molecule has 0 aromatic rings. The van der Waals surface area contributed by atoms with E-state index in [4.69, 9.17) is 14.2 Å². The first-order valence-electron chi connectivity index (χ1n) is 12.9. The van der Waals surface area contributed by atoms with E-state index < -0.39 is 3.80 Å². The van der Waals surface area contributed by atoms with Crippen LogP contribution < -0.4 is 0 Å². The number of hydrogen-bond acceptors (Lipinski definition) is 3. The van der Waals surface area contributed by atoms with Crippen molar-refractivity contribution >= 4 is 22.5 Å². The van der Waals surface area contributed by atoms with Gasteiger partial charge in [0.25, 0.3) is 0 Å². The van der Waals surface area contributed by atoms with E-state index in [2.05, 4.69) is 41.5 Å². The molecule has 0 aliphatic carbocycles. The Morgan fingerprint density at radius 1 is 0.533 bits per heavy atom. The Bertz CT molecular complexity index is 338. The Labute approximate surface area is 202 Å². The standard InChI is InChI=1S/C26H53O3.Sn/c1-23(2)16-10-7-13-19-27-22-26(28-20-14-8-11-17-24(3)4)29-21-15-9-12-18-25(5)6;/h23-25H,7-22H2,1-6H3;. The third-order valence-electron chi connectivity index (χ3n) is 5.38. The van der Waals surface area contributed by atoms with Crippen LogP contribution in [0.1, 0.15) is 119 Å². The van der Waals surface area contributed by atoms with Crippen LogP contribution in [0.2, 0.25) is 0 Å². The third kappa shape index (κ3) is 21.9. The number of ether oxygens (including phenoxy) is 3. The zero-order chi connectivity index (χ0) is 22.7. The molecule has 0 heterocycles. The van der Waals surface area contributed by atoms with Crippen molar-refractivity contribution in [3.8, 4) is 0 Å². The van der Waals surface area contributed by atoms with E-state index in [0.717, 1.165) is 56.8 Å². The summed E-state index contributed by atoms with van der Waals surface area (Å²) in [6, 6.07) is 0. The third-order valence-corrected chi connectivity index (χ3v) is 6.62. The van der Waals surface area contributed by atoms with Crippen LogP contribution in [0.5, 0.6) is 0 Å². The Morgan fingerprint density at radius 2 is 0.900 bits per heavy atom. The summed E-state index contributed by atoms with van der Waals surface area (Å²) in [6.07, 6.45) is 15.0. The topological polar surface area (TPSA) is 27.7 Å². The molecule has 0 aliphatic rings. The van der Waals surface area contributed by atoms with Crippen LogP contribution in [0.3, 0.4) is 0 Å². The van der Waals surface area contributed by atoms with Crippen molar-refractivity contribution in [2.75, 3.05) is 26.4 Å². The first-order chi connectivity index (χ1) is 14.2. The van der Waals surface area contributed by atoms with Gasteiger partial charge in [0.05, 0.1) is 0 Å². The van der Waals surface area contributed by atoms with Gasteiger partial charge in [0.1, 0.15) is 0 Å². The van der Waals surface area contributed by atoms with Gasteiger partial charge in [-0.15, -0.1) is 0 Å². The van der Waals surface area contributed by atoms with Gasteiger partial charge in [0, 0.05) is 0 Å². The van der Waals surface area contributed by atoms with E-state index in [9.17, 15) is 0 Å². The predicted octanol–water partition coefficient (Wildman–Crippen LogP) is 7.51. The number of unbranched alkanes of at least 4 members (excludes halogenated alkanes) is 6. The molecule has 0 spiro atoms. The normalized spacial score (nSPS) is 12.6. The molecule has 0 aromatic carbocycles. The van der Waals surface area contributed by atoms with E-state index >= 15 is 0 Å². The summed E-state index contributed by atoms with van der Waals surface area (Å²) in [4.78, 5) is 0. The number of rotatable bonds is 22. The number of hydrogen-bond donors (Lipinski definition) is 0. The minimum absolute atomic E-state index is 0.513. The van der Waals surface area contributed by atoms with Gasteiger partial charge < -0.3 is 0 Å². The monoisotopic (exact) mass is 533 g/mol. The SMILES string of the molecule is CC(C)CCCCCOC[C]([Sn])(OCCCCCC(C)C)OCCCCCC(C)C. The molecule has 3 nitrogen and oxygen atoms in total. The summed E-state index contributed by atoms with van der Waals surface area (Å²) in [6.45, 7) is 16.8. The van der Waals surface area contributed by atoms with Crippen LogP contribution in [-0.4, -0.2) is 52.8 Å². The second-order valence-electron chi connectivity index (χ2n) is 10.2. The van der Waals surface area contributed by atoms with Crippen molar-refractivity contribution in [2.24, 2.45) is 17.8 Å². The summed E-state index contributed by atoms with van der Waals surface area (Å²) in [7, 11) is 0. The molecule has 0 bridgehead atoms. The Hall–Kier alpha value is 0.679. The van der Waals surface area contributed by atoms with E-state index in [0.29, 0.717) is 6.61 Å². The second kappa shape index (κ2) is 20.3. The Morgan fingerprint density at radius 3 is 1.27 bits per heavy atom. The molecule has 0 fully saturated rings. The van der Waals surface area contributed by atoms with Crippen molar-refractivity contribution in [3.05, 3.63) is 0 Å². The fraction of sp³-hybridized carbons (Fsp3) is 1.00. The molecule has 0 atom stereocenters. The molecule has 0 N–H and O–H groups in total. The summed E-state index contributed by atoms with van der Waals surface area (Å²) in [5.74, 6) is 2.41. The van der Waals surface area contributed by atoms with Gasteiger partial charge in [-0.1, -0.05) is 0 Å². The molecule has 0 saturated heterocycles. The molecule has 3 radical (unpaired) electrons. The zero-order valence-electron chi connectivity index (χ0n) is 21.3. The van der Waals surface area contributed by atoms with E-state index in [1.54, 1.807) is 0 Å².